The molecule has 0 unspecified atom stereocenters. The summed E-state index contributed by atoms with van der Waals surface area (Å²) >= 11 is 0. The zero-order valence-electron chi connectivity index (χ0n) is 15.3. The maximum Gasteiger partial charge on any atom is 0.336 e. The highest BCUT2D eigenvalue weighted by molar-refractivity contribution is 5.92. The number of ether oxygens (including phenoxy) is 1. The first kappa shape index (κ1) is 18.1. The summed E-state index contributed by atoms with van der Waals surface area (Å²) in [5, 5.41) is 14.3. The molecule has 1 aromatic carbocycles. The molecular formula is C21H19NO6. The van der Waals surface area contributed by atoms with Crippen molar-refractivity contribution in [1.29, 1.82) is 0 Å². The van der Waals surface area contributed by atoms with Crippen LogP contribution in [0.25, 0.3) is 17.0 Å². The highest BCUT2D eigenvalue weighted by Gasteiger charge is 2.43. The molecule has 0 radical (unpaired) electrons. The Bertz CT molecular complexity index is 1110. The van der Waals surface area contributed by atoms with Crippen molar-refractivity contribution in [2.45, 2.75) is 31.6 Å². The third kappa shape index (κ3) is 3.32. The molecule has 1 amide bonds. The minimum Gasteiger partial charge on any atom is -0.485 e. The van der Waals surface area contributed by atoms with Gasteiger partial charge in [-0.05, 0) is 38.1 Å². The van der Waals surface area contributed by atoms with Gasteiger partial charge in [-0.15, -0.1) is 0 Å². The van der Waals surface area contributed by atoms with Crippen molar-refractivity contribution in [2.75, 3.05) is 0 Å². The van der Waals surface area contributed by atoms with Gasteiger partial charge in [-0.2, -0.15) is 0 Å². The van der Waals surface area contributed by atoms with Gasteiger partial charge in [0.05, 0.1) is 18.6 Å². The Morgan fingerprint density at radius 3 is 2.82 bits per heavy atom. The number of aliphatic hydroxyl groups is 1. The van der Waals surface area contributed by atoms with E-state index in [1.165, 1.54) is 24.7 Å². The third-order valence-electron chi connectivity index (χ3n) is 4.76. The molecule has 0 saturated heterocycles. The van der Waals surface area contributed by atoms with Crippen molar-refractivity contribution in [3.8, 4) is 5.75 Å². The molecule has 3 aromatic rings. The normalized spacial score (nSPS) is 20.7. The van der Waals surface area contributed by atoms with Crippen molar-refractivity contribution in [1.82, 2.24) is 5.32 Å². The van der Waals surface area contributed by atoms with E-state index < -0.39 is 23.4 Å². The molecule has 1 aliphatic heterocycles. The average molecular weight is 381 g/mol. The molecule has 0 bridgehead atoms. The molecule has 0 fully saturated rings. The van der Waals surface area contributed by atoms with E-state index in [0.717, 1.165) is 5.56 Å². The van der Waals surface area contributed by atoms with Crippen LogP contribution in [0.3, 0.4) is 0 Å². The number of benzene rings is 1. The van der Waals surface area contributed by atoms with Gasteiger partial charge in [0.25, 0.3) is 0 Å². The molecule has 0 aliphatic carbocycles. The van der Waals surface area contributed by atoms with Crippen molar-refractivity contribution in [2.24, 2.45) is 0 Å². The Kier molecular flexibility index (Phi) is 4.31. The van der Waals surface area contributed by atoms with Gasteiger partial charge in [0, 0.05) is 34.7 Å². The van der Waals surface area contributed by atoms with Crippen LogP contribution in [-0.2, 0) is 4.79 Å². The van der Waals surface area contributed by atoms with Crippen LogP contribution in [0.2, 0.25) is 0 Å². The number of aliphatic hydroxyl groups excluding tert-OH is 1. The molecule has 2 atom stereocenters. The fourth-order valence-electron chi connectivity index (χ4n) is 3.26. The van der Waals surface area contributed by atoms with Crippen LogP contribution in [0.15, 0.2) is 62.6 Å². The summed E-state index contributed by atoms with van der Waals surface area (Å²) in [4.78, 5) is 23.9. The van der Waals surface area contributed by atoms with Crippen molar-refractivity contribution in [3.63, 3.8) is 0 Å². The third-order valence-corrected chi connectivity index (χ3v) is 4.76. The van der Waals surface area contributed by atoms with E-state index >= 15 is 0 Å². The molecule has 0 spiro atoms. The van der Waals surface area contributed by atoms with Gasteiger partial charge >= 0.3 is 5.63 Å². The second-order valence-corrected chi connectivity index (χ2v) is 7.21. The Labute approximate surface area is 160 Å². The van der Waals surface area contributed by atoms with E-state index in [1.807, 2.05) is 0 Å². The molecule has 4 rings (SSSR count). The smallest absolute Gasteiger partial charge is 0.336 e. The number of rotatable bonds is 3. The lowest BCUT2D eigenvalue weighted by Gasteiger charge is -2.42. The minimum absolute atomic E-state index is 0.367. The van der Waals surface area contributed by atoms with Crippen molar-refractivity contribution >= 4 is 23.0 Å². The Hall–Kier alpha value is -3.32. The minimum atomic E-state index is -0.987. The summed E-state index contributed by atoms with van der Waals surface area (Å²) in [5.41, 5.74) is 0.324. The average Bonchev–Trinajstić information content (AvgIpc) is 3.16. The van der Waals surface area contributed by atoms with Crippen LogP contribution in [0.1, 0.15) is 31.0 Å². The number of carbonyl (C=O) groups excluding carboxylic acids is 1. The predicted molar refractivity (Wildman–Crippen MR) is 102 cm³/mol. The second-order valence-electron chi connectivity index (χ2n) is 7.21. The monoisotopic (exact) mass is 381 g/mol. The quantitative estimate of drug-likeness (QED) is 0.534. The molecule has 7 nitrogen and oxygen atoms in total. The summed E-state index contributed by atoms with van der Waals surface area (Å²) in [6, 6.07) is 7.34. The van der Waals surface area contributed by atoms with Crippen LogP contribution >= 0.6 is 0 Å². The lowest BCUT2D eigenvalue weighted by atomic mass is 9.86. The first-order chi connectivity index (χ1) is 13.3. The van der Waals surface area contributed by atoms with E-state index in [1.54, 1.807) is 44.2 Å². The predicted octanol–water partition coefficient (Wildman–Crippen LogP) is 2.79. The number of fused-ring (bicyclic) bond motifs is 2. The maximum absolute atomic E-state index is 12.4. The van der Waals surface area contributed by atoms with Gasteiger partial charge in [0.1, 0.15) is 23.0 Å². The fourth-order valence-corrected chi connectivity index (χ4v) is 3.26. The van der Waals surface area contributed by atoms with Crippen molar-refractivity contribution < 1.29 is 23.5 Å². The number of hydrogen-bond donors (Lipinski definition) is 2. The van der Waals surface area contributed by atoms with Crippen LogP contribution in [-0.4, -0.2) is 22.7 Å². The summed E-state index contributed by atoms with van der Waals surface area (Å²) in [6.07, 6.45) is 5.04. The molecule has 28 heavy (non-hydrogen) atoms. The van der Waals surface area contributed by atoms with E-state index in [-0.39, 0.29) is 5.91 Å². The van der Waals surface area contributed by atoms with E-state index in [9.17, 15) is 14.7 Å². The Balaban J connectivity index is 1.71. The van der Waals surface area contributed by atoms with Crippen LogP contribution in [0.4, 0.5) is 0 Å². The fraction of sp³-hybridized carbons (Fsp3) is 0.238. The van der Waals surface area contributed by atoms with Gasteiger partial charge in [-0.1, -0.05) is 0 Å². The number of hydrogen-bond acceptors (Lipinski definition) is 6. The summed E-state index contributed by atoms with van der Waals surface area (Å²) < 4.78 is 16.1. The van der Waals surface area contributed by atoms with Gasteiger partial charge in [0.2, 0.25) is 5.91 Å². The number of nitrogens with one attached hydrogen (secondary N) is 1. The number of carbonyl (C=O) groups is 1. The van der Waals surface area contributed by atoms with Crippen LogP contribution in [0.5, 0.6) is 5.75 Å². The highest BCUT2D eigenvalue weighted by atomic mass is 16.5. The Morgan fingerprint density at radius 2 is 2.07 bits per heavy atom. The molecule has 3 heterocycles. The second kappa shape index (κ2) is 6.69. The van der Waals surface area contributed by atoms with Crippen LogP contribution in [0, 0.1) is 0 Å². The van der Waals surface area contributed by atoms with E-state index in [4.69, 9.17) is 13.6 Å². The van der Waals surface area contributed by atoms with Gasteiger partial charge in [-0.3, -0.25) is 4.79 Å². The number of furan rings is 1. The molecule has 2 aromatic heterocycles. The zero-order chi connectivity index (χ0) is 19.9. The standard InChI is InChI=1S/C21H19NO6/c1-21(2)20(25)19(22-17(23)5-3-12-7-8-26-11-12)14-9-13-4-6-18(24)27-15(13)10-16(14)28-21/h3-11,19-20,25H,1-2H3,(H,22,23)/b5-3+/t19-,20+/m1/s1. The molecule has 0 saturated carbocycles. The van der Waals surface area contributed by atoms with Gasteiger partial charge in [0.15, 0.2) is 0 Å². The van der Waals surface area contributed by atoms with E-state index in [0.29, 0.717) is 22.3 Å². The maximum atomic E-state index is 12.4. The molecular weight excluding hydrogens is 362 g/mol. The van der Waals surface area contributed by atoms with Gasteiger partial charge < -0.3 is 24.0 Å². The summed E-state index contributed by atoms with van der Waals surface area (Å²) in [5.74, 6) is 0.0786. The number of amides is 1. The largest absolute Gasteiger partial charge is 0.485 e. The molecule has 1 aliphatic rings. The highest BCUT2D eigenvalue weighted by Crippen LogP contribution is 2.41. The molecule has 7 heteroatoms. The summed E-state index contributed by atoms with van der Waals surface area (Å²) in [7, 11) is 0. The van der Waals surface area contributed by atoms with Gasteiger partial charge in [-0.25, -0.2) is 4.79 Å². The first-order valence-corrected chi connectivity index (χ1v) is 8.79. The zero-order valence-corrected chi connectivity index (χ0v) is 15.3. The van der Waals surface area contributed by atoms with Crippen LogP contribution < -0.4 is 15.7 Å². The lowest BCUT2D eigenvalue weighted by Crippen LogP contribution is -2.53. The molecule has 144 valence electrons. The van der Waals surface area contributed by atoms with E-state index in [2.05, 4.69) is 5.32 Å². The Morgan fingerprint density at radius 1 is 1.25 bits per heavy atom. The topological polar surface area (TPSA) is 102 Å². The lowest BCUT2D eigenvalue weighted by molar-refractivity contribution is -0.121. The SMILES string of the molecule is CC1(C)Oc2cc3oc(=O)ccc3cc2[C@@H](NC(=O)/C=C/c2ccoc2)[C@@H]1O. The first-order valence-electron chi connectivity index (χ1n) is 8.79. The van der Waals surface area contributed by atoms with Crippen molar-refractivity contribution in [3.05, 3.63) is 70.5 Å². The molecule has 2 N–H and O–H groups in total. The summed E-state index contributed by atoms with van der Waals surface area (Å²) in [6.45, 7) is 3.46.